The van der Waals surface area contributed by atoms with Crippen LogP contribution in [0.15, 0.2) is 11.6 Å². The first-order chi connectivity index (χ1) is 14.2. The Labute approximate surface area is 194 Å². The third-order valence-corrected chi connectivity index (χ3v) is 11.8. The van der Waals surface area contributed by atoms with Gasteiger partial charge in [-0.2, -0.15) is 0 Å². The minimum atomic E-state index is 0.372. The van der Waals surface area contributed by atoms with Gasteiger partial charge in [-0.15, -0.1) is 0 Å². The van der Waals surface area contributed by atoms with Crippen LogP contribution in [0.25, 0.3) is 0 Å². The molecule has 3 fully saturated rings. The molecular formula is C30H52O. The SMILES string of the molecule is COC1CCC2(C)C(CCC3(C)C2CC=C2C(CC(C)(C)C)C(C)(C)CC[C@]23C)C1C. The van der Waals surface area contributed by atoms with E-state index >= 15 is 0 Å². The second-order valence-corrected chi connectivity index (χ2v) is 14.8. The van der Waals surface area contributed by atoms with Crippen LogP contribution >= 0.6 is 0 Å². The van der Waals surface area contributed by atoms with Crippen molar-refractivity contribution in [3.05, 3.63) is 11.6 Å². The zero-order chi connectivity index (χ0) is 23.0. The Kier molecular flexibility index (Phi) is 5.65. The Morgan fingerprint density at radius 3 is 2.26 bits per heavy atom. The maximum Gasteiger partial charge on any atom is 0.0599 e. The standard InChI is InChI=1S/C30H52O/c1-20-21-13-16-30(9)25(28(21,7)15-14-24(20)31-10)12-11-22-23(19-26(2,3)4)27(5,6)17-18-29(22,30)8/h11,20-21,23-25H,12-19H2,1-10H3/t20?,21?,23?,24?,25?,28?,29-,30?/m1/s1. The third-order valence-electron chi connectivity index (χ3n) is 11.8. The van der Waals surface area contributed by atoms with Crippen LogP contribution < -0.4 is 0 Å². The van der Waals surface area contributed by atoms with E-state index in [0.717, 1.165) is 17.8 Å². The van der Waals surface area contributed by atoms with Crippen LogP contribution in [0.4, 0.5) is 0 Å². The molecule has 0 N–H and O–H groups in total. The molecule has 4 rings (SSSR count). The second-order valence-electron chi connectivity index (χ2n) is 14.8. The van der Waals surface area contributed by atoms with E-state index < -0.39 is 0 Å². The Balaban J connectivity index is 1.75. The molecule has 8 atom stereocenters. The molecule has 0 aromatic heterocycles. The molecule has 0 bridgehead atoms. The maximum atomic E-state index is 5.94. The van der Waals surface area contributed by atoms with Crippen LogP contribution in [-0.2, 0) is 4.74 Å². The van der Waals surface area contributed by atoms with E-state index in [0.29, 0.717) is 39.1 Å². The Hall–Kier alpha value is -0.300. The quantitative estimate of drug-likeness (QED) is 0.400. The van der Waals surface area contributed by atoms with Gasteiger partial charge in [0, 0.05) is 7.11 Å². The summed E-state index contributed by atoms with van der Waals surface area (Å²) >= 11 is 0. The van der Waals surface area contributed by atoms with Crippen LogP contribution in [-0.4, -0.2) is 13.2 Å². The van der Waals surface area contributed by atoms with Crippen LogP contribution in [0.5, 0.6) is 0 Å². The molecule has 0 spiro atoms. The molecule has 0 aromatic rings. The normalized spacial score (nSPS) is 49.5. The highest BCUT2D eigenvalue weighted by Gasteiger charge is 2.65. The average molecular weight is 429 g/mol. The van der Waals surface area contributed by atoms with Gasteiger partial charge in [-0.25, -0.2) is 0 Å². The fourth-order valence-electron chi connectivity index (χ4n) is 9.59. The van der Waals surface area contributed by atoms with Crippen molar-refractivity contribution in [2.45, 2.75) is 120 Å². The molecule has 3 saturated carbocycles. The summed E-state index contributed by atoms with van der Waals surface area (Å²) in [5.74, 6) is 3.08. The summed E-state index contributed by atoms with van der Waals surface area (Å²) in [6.07, 6.45) is 14.1. The minimum Gasteiger partial charge on any atom is -0.381 e. The molecule has 4 aliphatic carbocycles. The highest BCUT2D eigenvalue weighted by atomic mass is 16.5. The van der Waals surface area contributed by atoms with Crippen LogP contribution in [0.1, 0.15) is 114 Å². The lowest BCUT2D eigenvalue weighted by Crippen LogP contribution is -2.62. The summed E-state index contributed by atoms with van der Waals surface area (Å²) < 4.78 is 5.94. The van der Waals surface area contributed by atoms with E-state index in [-0.39, 0.29) is 0 Å². The number of allylic oxidation sites excluding steroid dienone is 2. The fraction of sp³-hybridized carbons (Fsp3) is 0.933. The van der Waals surface area contributed by atoms with Crippen molar-refractivity contribution in [1.29, 1.82) is 0 Å². The largest absolute Gasteiger partial charge is 0.381 e. The number of hydrogen-bond donors (Lipinski definition) is 0. The van der Waals surface area contributed by atoms with Gasteiger partial charge in [0.05, 0.1) is 6.10 Å². The lowest BCUT2D eigenvalue weighted by atomic mass is 9.35. The smallest absolute Gasteiger partial charge is 0.0599 e. The molecular weight excluding hydrogens is 376 g/mol. The van der Waals surface area contributed by atoms with Crippen LogP contribution in [0, 0.1) is 50.7 Å². The van der Waals surface area contributed by atoms with Crippen molar-refractivity contribution >= 4 is 0 Å². The molecule has 0 radical (unpaired) electrons. The molecule has 0 saturated heterocycles. The van der Waals surface area contributed by atoms with E-state index in [9.17, 15) is 0 Å². The number of ether oxygens (including phenoxy) is 1. The van der Waals surface area contributed by atoms with E-state index in [1.54, 1.807) is 0 Å². The van der Waals surface area contributed by atoms with Crippen molar-refractivity contribution in [3.8, 4) is 0 Å². The molecule has 0 aromatic carbocycles. The van der Waals surface area contributed by atoms with Gasteiger partial charge in [0.25, 0.3) is 0 Å². The van der Waals surface area contributed by atoms with Crippen molar-refractivity contribution < 1.29 is 4.74 Å². The first kappa shape index (κ1) is 23.8. The topological polar surface area (TPSA) is 9.23 Å². The average Bonchev–Trinajstić information content (AvgIpc) is 2.65. The summed E-state index contributed by atoms with van der Waals surface area (Å²) in [6.45, 7) is 23.1. The molecule has 1 nitrogen and oxygen atoms in total. The van der Waals surface area contributed by atoms with E-state index in [4.69, 9.17) is 4.74 Å². The van der Waals surface area contributed by atoms with Gasteiger partial charge in [-0.3, -0.25) is 0 Å². The maximum absolute atomic E-state index is 5.94. The Morgan fingerprint density at radius 1 is 0.968 bits per heavy atom. The molecule has 4 aliphatic rings. The first-order valence-electron chi connectivity index (χ1n) is 13.4. The number of hydrogen-bond acceptors (Lipinski definition) is 1. The lowest BCUT2D eigenvalue weighted by Gasteiger charge is -2.69. The highest BCUT2D eigenvalue weighted by molar-refractivity contribution is 5.32. The molecule has 178 valence electrons. The van der Waals surface area contributed by atoms with Gasteiger partial charge >= 0.3 is 0 Å². The predicted molar refractivity (Wildman–Crippen MR) is 133 cm³/mol. The minimum absolute atomic E-state index is 0.372. The van der Waals surface area contributed by atoms with Crippen molar-refractivity contribution in [1.82, 2.24) is 0 Å². The molecule has 0 amide bonds. The molecule has 0 heterocycles. The Morgan fingerprint density at radius 2 is 1.65 bits per heavy atom. The van der Waals surface area contributed by atoms with Gasteiger partial charge in [0.15, 0.2) is 0 Å². The van der Waals surface area contributed by atoms with Crippen molar-refractivity contribution in [2.24, 2.45) is 50.7 Å². The number of fused-ring (bicyclic) bond motifs is 5. The molecule has 7 unspecified atom stereocenters. The van der Waals surface area contributed by atoms with Gasteiger partial charge in [0.2, 0.25) is 0 Å². The number of rotatable bonds is 2. The highest BCUT2D eigenvalue weighted by Crippen LogP contribution is 2.73. The zero-order valence-electron chi connectivity index (χ0n) is 22.5. The summed E-state index contributed by atoms with van der Waals surface area (Å²) in [5, 5.41) is 0. The molecule has 0 aliphatic heterocycles. The molecule has 31 heavy (non-hydrogen) atoms. The first-order valence-corrected chi connectivity index (χ1v) is 13.4. The van der Waals surface area contributed by atoms with E-state index in [2.05, 4.69) is 68.4 Å². The predicted octanol–water partition coefficient (Wildman–Crippen LogP) is 8.68. The fourth-order valence-corrected chi connectivity index (χ4v) is 9.59. The van der Waals surface area contributed by atoms with E-state index in [1.165, 1.54) is 51.4 Å². The summed E-state index contributed by atoms with van der Waals surface area (Å²) in [5.41, 5.74) is 3.95. The lowest BCUT2D eigenvalue weighted by molar-refractivity contribution is -0.180. The summed E-state index contributed by atoms with van der Waals surface area (Å²) in [7, 11) is 1.94. The second kappa shape index (κ2) is 7.35. The van der Waals surface area contributed by atoms with Crippen LogP contribution in [0.2, 0.25) is 0 Å². The number of methoxy groups -OCH3 is 1. The summed E-state index contributed by atoms with van der Waals surface area (Å²) in [6, 6.07) is 0. The van der Waals surface area contributed by atoms with Gasteiger partial charge in [-0.05, 0) is 102 Å². The third kappa shape index (κ3) is 3.41. The zero-order valence-corrected chi connectivity index (χ0v) is 22.5. The van der Waals surface area contributed by atoms with Gasteiger partial charge in [-0.1, -0.05) is 74.0 Å². The Bertz CT molecular complexity index is 725. The molecule has 1 heteroatoms. The monoisotopic (exact) mass is 428 g/mol. The van der Waals surface area contributed by atoms with Crippen molar-refractivity contribution in [2.75, 3.05) is 7.11 Å². The van der Waals surface area contributed by atoms with E-state index in [1.807, 2.05) is 12.7 Å². The van der Waals surface area contributed by atoms with Gasteiger partial charge in [0.1, 0.15) is 0 Å². The van der Waals surface area contributed by atoms with Gasteiger partial charge < -0.3 is 4.74 Å². The van der Waals surface area contributed by atoms with Crippen LogP contribution in [0.3, 0.4) is 0 Å². The van der Waals surface area contributed by atoms with Crippen molar-refractivity contribution in [3.63, 3.8) is 0 Å². The summed E-state index contributed by atoms with van der Waals surface area (Å²) in [4.78, 5) is 0.